The summed E-state index contributed by atoms with van der Waals surface area (Å²) in [5.74, 6) is -0.366. The number of rotatable bonds is 2. The molecule has 1 aromatic heterocycles. The smallest absolute Gasteiger partial charge is 0.331 e. The highest BCUT2D eigenvalue weighted by molar-refractivity contribution is 9.10. The van der Waals surface area contributed by atoms with Gasteiger partial charge in [-0.25, -0.2) is 4.79 Å². The molecule has 1 aromatic rings. The first-order valence-corrected chi connectivity index (χ1v) is 5.69. The van der Waals surface area contributed by atoms with E-state index < -0.39 is 5.60 Å². The van der Waals surface area contributed by atoms with E-state index in [9.17, 15) is 4.79 Å². The van der Waals surface area contributed by atoms with Crippen LogP contribution in [0.2, 0.25) is 0 Å². The van der Waals surface area contributed by atoms with E-state index in [0.717, 1.165) is 4.47 Å². The van der Waals surface area contributed by atoms with Gasteiger partial charge in [0, 0.05) is 16.7 Å². The van der Waals surface area contributed by atoms with E-state index in [-0.39, 0.29) is 5.97 Å². The first kappa shape index (κ1) is 12.9. The van der Waals surface area contributed by atoms with Gasteiger partial charge in [0.2, 0.25) is 0 Å². The molecule has 86 valence electrons. The minimum atomic E-state index is -0.466. The van der Waals surface area contributed by atoms with Gasteiger partial charge in [-0.1, -0.05) is 15.9 Å². The molecule has 3 nitrogen and oxygen atoms in total. The molecule has 0 aliphatic heterocycles. The number of pyridine rings is 1. The summed E-state index contributed by atoms with van der Waals surface area (Å²) in [6.07, 6.45) is 4.66. The minimum Gasteiger partial charge on any atom is -0.457 e. The van der Waals surface area contributed by atoms with E-state index in [1.807, 2.05) is 32.9 Å². The fraction of sp³-hybridized carbons (Fsp3) is 0.333. The van der Waals surface area contributed by atoms with E-state index in [0.29, 0.717) is 5.69 Å². The van der Waals surface area contributed by atoms with Crippen LogP contribution in [0.1, 0.15) is 26.5 Å². The molecule has 0 aromatic carbocycles. The van der Waals surface area contributed by atoms with Crippen molar-refractivity contribution in [3.63, 3.8) is 0 Å². The molecule has 16 heavy (non-hydrogen) atoms. The molecule has 0 aliphatic carbocycles. The zero-order valence-corrected chi connectivity index (χ0v) is 11.1. The van der Waals surface area contributed by atoms with E-state index in [1.54, 1.807) is 12.3 Å². The third kappa shape index (κ3) is 5.07. The predicted octanol–water partition coefficient (Wildman–Crippen LogP) is 3.20. The van der Waals surface area contributed by atoms with Crippen molar-refractivity contribution in [1.82, 2.24) is 4.98 Å². The van der Waals surface area contributed by atoms with Gasteiger partial charge >= 0.3 is 5.97 Å². The van der Waals surface area contributed by atoms with Crippen LogP contribution < -0.4 is 0 Å². The molecule has 1 heterocycles. The lowest BCUT2D eigenvalue weighted by Gasteiger charge is -2.17. The van der Waals surface area contributed by atoms with Crippen LogP contribution in [0.25, 0.3) is 6.08 Å². The van der Waals surface area contributed by atoms with Crippen LogP contribution in [0.5, 0.6) is 0 Å². The molecule has 0 unspecified atom stereocenters. The largest absolute Gasteiger partial charge is 0.457 e. The Hall–Kier alpha value is -1.16. The molecule has 0 atom stereocenters. The molecule has 0 radical (unpaired) electrons. The monoisotopic (exact) mass is 283 g/mol. The Bertz CT molecular complexity index is 408. The Labute approximate surface area is 104 Å². The van der Waals surface area contributed by atoms with Crippen LogP contribution in [-0.4, -0.2) is 16.6 Å². The molecule has 1 rings (SSSR count). The van der Waals surface area contributed by atoms with E-state index in [1.165, 1.54) is 6.08 Å². The second-order valence-electron chi connectivity index (χ2n) is 4.27. The molecule has 0 fully saturated rings. The van der Waals surface area contributed by atoms with Gasteiger partial charge in [-0.15, -0.1) is 0 Å². The lowest BCUT2D eigenvalue weighted by atomic mass is 10.2. The maximum atomic E-state index is 11.4. The van der Waals surface area contributed by atoms with E-state index >= 15 is 0 Å². The normalized spacial score (nSPS) is 11.8. The molecule has 0 saturated carbocycles. The van der Waals surface area contributed by atoms with Gasteiger partial charge in [-0.2, -0.15) is 0 Å². The van der Waals surface area contributed by atoms with Crippen molar-refractivity contribution in [2.24, 2.45) is 0 Å². The predicted molar refractivity (Wildman–Crippen MR) is 66.8 cm³/mol. The maximum absolute atomic E-state index is 11.4. The second-order valence-corrected chi connectivity index (χ2v) is 5.18. The summed E-state index contributed by atoms with van der Waals surface area (Å²) in [5.41, 5.74) is 0.242. The van der Waals surface area contributed by atoms with Gasteiger partial charge in [0.05, 0.1) is 5.69 Å². The van der Waals surface area contributed by atoms with Crippen molar-refractivity contribution in [3.8, 4) is 0 Å². The summed E-state index contributed by atoms with van der Waals surface area (Å²) < 4.78 is 6.05. The molecule has 0 N–H and O–H groups in total. The highest BCUT2D eigenvalue weighted by Crippen LogP contribution is 2.11. The highest BCUT2D eigenvalue weighted by Gasteiger charge is 2.13. The zero-order chi connectivity index (χ0) is 12.2. The Morgan fingerprint density at radius 2 is 2.19 bits per heavy atom. The quantitative estimate of drug-likeness (QED) is 0.618. The molecule has 0 saturated heterocycles. The van der Waals surface area contributed by atoms with Crippen LogP contribution in [0.3, 0.4) is 0 Å². The fourth-order valence-corrected chi connectivity index (χ4v) is 1.35. The summed E-state index contributed by atoms with van der Waals surface area (Å²) >= 11 is 3.33. The first-order chi connectivity index (χ1) is 7.37. The lowest BCUT2D eigenvalue weighted by molar-refractivity contribution is -0.148. The molecular formula is C12H14BrNO2. The Morgan fingerprint density at radius 1 is 1.50 bits per heavy atom. The van der Waals surface area contributed by atoms with Gasteiger partial charge in [0.1, 0.15) is 5.60 Å². The third-order valence-corrected chi connectivity index (χ3v) is 2.03. The number of aromatic nitrogens is 1. The summed E-state index contributed by atoms with van der Waals surface area (Å²) in [4.78, 5) is 15.5. The van der Waals surface area contributed by atoms with E-state index in [4.69, 9.17) is 4.74 Å². The van der Waals surface area contributed by atoms with Crippen molar-refractivity contribution in [2.45, 2.75) is 26.4 Å². The van der Waals surface area contributed by atoms with Crippen LogP contribution in [0, 0.1) is 0 Å². The summed E-state index contributed by atoms with van der Waals surface area (Å²) in [7, 11) is 0. The summed E-state index contributed by atoms with van der Waals surface area (Å²) in [5, 5.41) is 0. The molecule has 0 aliphatic rings. The standard InChI is InChI=1S/C12H14BrNO2/c1-12(2,3)16-11(15)5-4-10-8-9(13)6-7-14-10/h4-8H,1-3H3. The minimum absolute atomic E-state index is 0.366. The molecule has 0 spiro atoms. The van der Waals surface area contributed by atoms with Gasteiger partial charge in [-0.3, -0.25) is 4.98 Å². The molecule has 4 heteroatoms. The van der Waals surface area contributed by atoms with Crippen LogP contribution in [0.15, 0.2) is 28.9 Å². The Kier molecular flexibility index (Phi) is 4.24. The lowest BCUT2D eigenvalue weighted by Crippen LogP contribution is -2.22. The highest BCUT2D eigenvalue weighted by atomic mass is 79.9. The summed E-state index contributed by atoms with van der Waals surface area (Å²) in [6, 6.07) is 3.64. The van der Waals surface area contributed by atoms with Crippen LogP contribution in [-0.2, 0) is 9.53 Å². The Balaban J connectivity index is 2.64. The van der Waals surface area contributed by atoms with Gasteiger partial charge in [-0.05, 0) is 39.0 Å². The number of ether oxygens (including phenoxy) is 1. The SMILES string of the molecule is CC(C)(C)OC(=O)C=Cc1cc(Br)ccn1. The molecule has 0 amide bonds. The zero-order valence-electron chi connectivity index (χ0n) is 9.53. The number of carbonyl (C=O) groups is 1. The topological polar surface area (TPSA) is 39.2 Å². The number of nitrogens with zero attached hydrogens (tertiary/aromatic N) is 1. The van der Waals surface area contributed by atoms with Gasteiger partial charge in [0.25, 0.3) is 0 Å². The first-order valence-electron chi connectivity index (χ1n) is 4.89. The number of esters is 1. The van der Waals surface area contributed by atoms with Crippen LogP contribution in [0.4, 0.5) is 0 Å². The third-order valence-electron chi connectivity index (χ3n) is 1.54. The maximum Gasteiger partial charge on any atom is 0.331 e. The van der Waals surface area contributed by atoms with Crippen molar-refractivity contribution >= 4 is 28.0 Å². The fourth-order valence-electron chi connectivity index (χ4n) is 1.00. The van der Waals surface area contributed by atoms with Crippen molar-refractivity contribution < 1.29 is 9.53 Å². The van der Waals surface area contributed by atoms with Crippen molar-refractivity contribution in [2.75, 3.05) is 0 Å². The van der Waals surface area contributed by atoms with Crippen molar-refractivity contribution in [1.29, 1.82) is 0 Å². The average molecular weight is 284 g/mol. The number of hydrogen-bond donors (Lipinski definition) is 0. The van der Waals surface area contributed by atoms with E-state index in [2.05, 4.69) is 20.9 Å². The number of hydrogen-bond acceptors (Lipinski definition) is 3. The van der Waals surface area contributed by atoms with Gasteiger partial charge < -0.3 is 4.74 Å². The van der Waals surface area contributed by atoms with Gasteiger partial charge in [0.15, 0.2) is 0 Å². The number of carbonyl (C=O) groups excluding carboxylic acids is 1. The average Bonchev–Trinajstić information content (AvgIpc) is 2.12. The summed E-state index contributed by atoms with van der Waals surface area (Å²) in [6.45, 7) is 5.49. The molecule has 0 bridgehead atoms. The Morgan fingerprint density at radius 3 is 2.75 bits per heavy atom. The molecular weight excluding hydrogens is 270 g/mol. The second kappa shape index (κ2) is 5.25. The van der Waals surface area contributed by atoms with Crippen LogP contribution >= 0.6 is 15.9 Å². The van der Waals surface area contributed by atoms with Crippen molar-refractivity contribution in [3.05, 3.63) is 34.6 Å². The number of halogens is 1.